The van der Waals surface area contributed by atoms with Crippen molar-refractivity contribution in [1.82, 2.24) is 0 Å². The fourth-order valence-corrected chi connectivity index (χ4v) is 13.3. The van der Waals surface area contributed by atoms with Crippen molar-refractivity contribution in [3.05, 3.63) is 0 Å². The Balaban J connectivity index is 3.42. The Bertz CT molecular complexity index is 175. The van der Waals surface area contributed by atoms with E-state index in [1.807, 2.05) is 0 Å². The zero-order valence-corrected chi connectivity index (χ0v) is 15.7. The predicted molar refractivity (Wildman–Crippen MR) is 88.4 cm³/mol. The number of rotatable bonds is 9. The molecule has 0 amide bonds. The zero-order chi connectivity index (χ0) is 12.7. The molecule has 0 heterocycles. The Morgan fingerprint density at radius 2 is 1.00 bits per heavy atom. The second kappa shape index (κ2) is 9.99. The first-order chi connectivity index (χ1) is 7.33. The molecular formula is C4H6Cl4O2S6. The summed E-state index contributed by atoms with van der Waals surface area (Å²) in [7, 11) is 11.0. The van der Waals surface area contributed by atoms with Crippen LogP contribution in [0.1, 0.15) is 0 Å². The first-order valence-corrected chi connectivity index (χ1v) is 12.2. The van der Waals surface area contributed by atoms with Crippen molar-refractivity contribution in [2.45, 2.75) is 7.70 Å². The molecule has 0 N–H and O–H groups in total. The molecule has 0 atom stereocenters. The highest BCUT2D eigenvalue weighted by atomic mass is 35.5. The minimum atomic E-state index is -1.23. The smallest absolute Gasteiger partial charge is 0.277 e. The van der Waals surface area contributed by atoms with Gasteiger partial charge in [-0.3, -0.25) is 0 Å². The van der Waals surface area contributed by atoms with Crippen LogP contribution < -0.4 is 0 Å². The Labute approximate surface area is 137 Å². The molecule has 0 spiro atoms. The summed E-state index contributed by atoms with van der Waals surface area (Å²) >= 11 is 22.9. The van der Waals surface area contributed by atoms with Gasteiger partial charge in [0, 0.05) is 14.2 Å². The highest BCUT2D eigenvalue weighted by Crippen LogP contribution is 2.59. The third-order valence-corrected chi connectivity index (χ3v) is 14.0. The molecule has 0 aliphatic heterocycles. The highest BCUT2D eigenvalue weighted by Gasteiger charge is 2.26. The van der Waals surface area contributed by atoms with E-state index < -0.39 is 7.70 Å². The van der Waals surface area contributed by atoms with Crippen LogP contribution in [0.15, 0.2) is 0 Å². The second-order valence-electron chi connectivity index (χ2n) is 1.77. The third kappa shape index (κ3) is 11.0. The third-order valence-electron chi connectivity index (χ3n) is 0.821. The molecule has 0 aromatic carbocycles. The fraction of sp³-hybridized carbons (Fsp3) is 1.00. The highest BCUT2D eigenvalue weighted by molar-refractivity contribution is 9.42. The fourth-order valence-electron chi connectivity index (χ4n) is 0.198. The number of methoxy groups -OCH3 is 2. The van der Waals surface area contributed by atoms with Crippen molar-refractivity contribution in [3.63, 3.8) is 0 Å². The summed E-state index contributed by atoms with van der Waals surface area (Å²) in [5.41, 5.74) is 0. The van der Waals surface area contributed by atoms with Gasteiger partial charge >= 0.3 is 0 Å². The van der Waals surface area contributed by atoms with E-state index in [0.717, 1.165) is 0 Å². The summed E-state index contributed by atoms with van der Waals surface area (Å²) in [6.07, 6.45) is 0. The number of hydrogen-bond acceptors (Lipinski definition) is 8. The van der Waals surface area contributed by atoms with E-state index in [0.29, 0.717) is 0 Å². The van der Waals surface area contributed by atoms with Gasteiger partial charge in [-0.25, -0.2) is 0 Å². The molecule has 98 valence electrons. The van der Waals surface area contributed by atoms with Crippen molar-refractivity contribution in [1.29, 1.82) is 0 Å². The van der Waals surface area contributed by atoms with Crippen LogP contribution in [0.3, 0.4) is 0 Å². The van der Waals surface area contributed by atoms with Crippen LogP contribution >= 0.6 is 107 Å². The summed E-state index contributed by atoms with van der Waals surface area (Å²) in [5.74, 6) is 0. The van der Waals surface area contributed by atoms with Gasteiger partial charge in [-0.15, -0.1) is 0 Å². The maximum atomic E-state index is 5.72. The quantitative estimate of drug-likeness (QED) is 0.182. The first-order valence-electron chi connectivity index (χ1n) is 3.22. The molecule has 12 heteroatoms. The molecular weight excluding hydrogens is 414 g/mol. The van der Waals surface area contributed by atoms with E-state index in [1.165, 1.54) is 75.1 Å². The van der Waals surface area contributed by atoms with E-state index in [4.69, 9.17) is 55.9 Å². The average molecular weight is 420 g/mol. The molecule has 16 heavy (non-hydrogen) atoms. The van der Waals surface area contributed by atoms with Gasteiger partial charge in [0.15, 0.2) is 0 Å². The molecule has 0 saturated carbocycles. The molecule has 0 aliphatic rings. The van der Waals surface area contributed by atoms with Crippen molar-refractivity contribution in [3.8, 4) is 0 Å². The second-order valence-corrected chi connectivity index (χ2v) is 14.7. The van der Waals surface area contributed by atoms with Gasteiger partial charge in [0.2, 0.25) is 0 Å². The van der Waals surface area contributed by atoms with Gasteiger partial charge in [0.1, 0.15) is 0 Å². The lowest BCUT2D eigenvalue weighted by atomic mass is 11.5. The van der Waals surface area contributed by atoms with Crippen molar-refractivity contribution < 1.29 is 9.47 Å². The summed E-state index contributed by atoms with van der Waals surface area (Å²) in [6, 6.07) is 0. The van der Waals surface area contributed by atoms with E-state index in [-0.39, 0.29) is 0 Å². The van der Waals surface area contributed by atoms with Crippen molar-refractivity contribution in [2.75, 3.05) is 14.2 Å². The molecule has 0 rings (SSSR count). The van der Waals surface area contributed by atoms with Gasteiger partial charge in [0.25, 0.3) is 7.70 Å². The SMILES string of the molecule is COC(Cl)(Cl)SSSSSSC(Cl)(Cl)OC. The molecule has 0 bridgehead atoms. The number of ether oxygens (including phenoxy) is 2. The van der Waals surface area contributed by atoms with Crippen LogP contribution in [-0.2, 0) is 9.47 Å². The number of hydrogen-bond donors (Lipinski definition) is 0. The van der Waals surface area contributed by atoms with Gasteiger partial charge in [-0.2, -0.15) is 0 Å². The summed E-state index contributed by atoms with van der Waals surface area (Å²) < 4.78 is 7.12. The van der Waals surface area contributed by atoms with Crippen LogP contribution in [0.2, 0.25) is 0 Å². The Kier molecular flexibility index (Phi) is 12.0. The largest absolute Gasteiger partial charge is 0.341 e. The van der Waals surface area contributed by atoms with Crippen LogP contribution in [0.4, 0.5) is 0 Å². The monoisotopic (exact) mass is 418 g/mol. The van der Waals surface area contributed by atoms with Gasteiger partial charge in [0.05, 0.1) is 0 Å². The minimum Gasteiger partial charge on any atom is -0.341 e. The molecule has 0 unspecified atom stereocenters. The van der Waals surface area contributed by atoms with E-state index in [2.05, 4.69) is 0 Å². The summed E-state index contributed by atoms with van der Waals surface area (Å²) in [4.78, 5) is 0. The van der Waals surface area contributed by atoms with Crippen LogP contribution in [0.5, 0.6) is 0 Å². The van der Waals surface area contributed by atoms with E-state index in [9.17, 15) is 0 Å². The maximum absolute atomic E-state index is 5.72. The molecule has 0 aromatic heterocycles. The van der Waals surface area contributed by atoms with E-state index >= 15 is 0 Å². The molecule has 0 radical (unpaired) electrons. The van der Waals surface area contributed by atoms with E-state index in [1.54, 1.807) is 0 Å². The summed E-state index contributed by atoms with van der Waals surface area (Å²) in [6.45, 7) is 0. The van der Waals surface area contributed by atoms with Gasteiger partial charge < -0.3 is 9.47 Å². The Morgan fingerprint density at radius 1 is 0.688 bits per heavy atom. The Morgan fingerprint density at radius 3 is 1.25 bits per heavy atom. The topological polar surface area (TPSA) is 18.5 Å². The lowest BCUT2D eigenvalue weighted by Crippen LogP contribution is -2.06. The maximum Gasteiger partial charge on any atom is 0.277 e. The van der Waals surface area contributed by atoms with Crippen molar-refractivity contribution >= 4 is 107 Å². The molecule has 0 fully saturated rings. The summed E-state index contributed by atoms with van der Waals surface area (Å²) in [5, 5.41) is 0. The standard InChI is InChI=1S/C4H6Cl4O2S6/c1-9-3(5,6)11-13-15-16-14-12-4(7,8)10-2/h1-2H3. The molecule has 0 aliphatic carbocycles. The predicted octanol–water partition coefficient (Wildman–Crippen LogP) is 6.43. The normalized spacial score (nSPS) is 13.1. The molecule has 0 saturated heterocycles. The number of halogens is 4. The van der Waals surface area contributed by atoms with Crippen LogP contribution in [0.25, 0.3) is 0 Å². The van der Waals surface area contributed by atoms with Crippen molar-refractivity contribution in [2.24, 2.45) is 0 Å². The van der Waals surface area contributed by atoms with Gasteiger partial charge in [-0.05, 0) is 60.9 Å². The lowest BCUT2D eigenvalue weighted by Gasteiger charge is -2.15. The molecule has 2 nitrogen and oxygen atoms in total. The minimum absolute atomic E-state index is 1.19. The van der Waals surface area contributed by atoms with Gasteiger partial charge in [-0.1, -0.05) is 46.4 Å². The van der Waals surface area contributed by atoms with Crippen LogP contribution in [0, 0.1) is 0 Å². The Hall–Kier alpha value is 3.18. The molecule has 0 aromatic rings. The van der Waals surface area contributed by atoms with Crippen LogP contribution in [-0.4, -0.2) is 21.9 Å². The average Bonchev–Trinajstić information content (AvgIpc) is 2.23. The first kappa shape index (κ1) is 19.2. The lowest BCUT2D eigenvalue weighted by molar-refractivity contribution is 0.203. The zero-order valence-electron chi connectivity index (χ0n) is 7.78. The number of alkyl halides is 4.